The van der Waals surface area contributed by atoms with E-state index in [2.05, 4.69) is 19.1 Å². The summed E-state index contributed by atoms with van der Waals surface area (Å²) >= 11 is 0. The lowest BCUT2D eigenvalue weighted by molar-refractivity contribution is -0.135. The zero-order valence-corrected chi connectivity index (χ0v) is 15.9. The molecule has 0 spiro atoms. The smallest absolute Gasteiger partial charge is 0.253 e. The highest BCUT2D eigenvalue weighted by Crippen LogP contribution is 2.49. The molecule has 27 heavy (non-hydrogen) atoms. The van der Waals surface area contributed by atoms with Crippen LogP contribution in [0.4, 0.5) is 0 Å². The number of amides is 2. The van der Waals surface area contributed by atoms with Gasteiger partial charge in [0.2, 0.25) is 5.91 Å². The molecule has 1 saturated heterocycles. The lowest BCUT2D eigenvalue weighted by Gasteiger charge is -2.36. The second kappa shape index (κ2) is 7.18. The standard InChI is InChI=1S/C23H26N2O2/c1-2-18-8-10-19(11-9-18)21(26)24-14-16-25(17-15-24)22(27)23(12-13-23)20-6-4-3-5-7-20/h3-11H,2,12-17H2,1H3. The number of carbonyl (C=O) groups is 2. The molecular formula is C23H26N2O2. The van der Waals surface area contributed by atoms with Crippen LogP contribution >= 0.6 is 0 Å². The van der Waals surface area contributed by atoms with Crippen molar-refractivity contribution in [1.29, 1.82) is 0 Å². The molecule has 4 nitrogen and oxygen atoms in total. The molecule has 2 aromatic carbocycles. The van der Waals surface area contributed by atoms with Crippen molar-refractivity contribution in [2.45, 2.75) is 31.6 Å². The molecule has 1 aliphatic heterocycles. The Labute approximate surface area is 160 Å². The van der Waals surface area contributed by atoms with Crippen LogP contribution in [0.25, 0.3) is 0 Å². The molecule has 4 rings (SSSR count). The number of rotatable bonds is 4. The second-order valence-corrected chi connectivity index (χ2v) is 7.58. The van der Waals surface area contributed by atoms with E-state index in [4.69, 9.17) is 0 Å². The average molecular weight is 362 g/mol. The fourth-order valence-corrected chi connectivity index (χ4v) is 3.99. The first-order valence-corrected chi connectivity index (χ1v) is 9.87. The van der Waals surface area contributed by atoms with E-state index in [0.717, 1.165) is 30.4 Å². The van der Waals surface area contributed by atoms with Crippen molar-refractivity contribution in [3.8, 4) is 0 Å². The van der Waals surface area contributed by atoms with Crippen molar-refractivity contribution in [3.63, 3.8) is 0 Å². The maximum Gasteiger partial charge on any atom is 0.253 e. The number of nitrogens with zero attached hydrogens (tertiary/aromatic N) is 2. The molecule has 0 aromatic heterocycles. The van der Waals surface area contributed by atoms with Gasteiger partial charge in [0, 0.05) is 31.7 Å². The summed E-state index contributed by atoms with van der Waals surface area (Å²) in [5, 5.41) is 0. The number of aryl methyl sites for hydroxylation is 1. The zero-order valence-electron chi connectivity index (χ0n) is 15.9. The van der Waals surface area contributed by atoms with Crippen molar-refractivity contribution in [2.24, 2.45) is 0 Å². The van der Waals surface area contributed by atoms with Gasteiger partial charge in [0.15, 0.2) is 0 Å². The van der Waals surface area contributed by atoms with E-state index in [0.29, 0.717) is 26.2 Å². The Kier molecular flexibility index (Phi) is 4.73. The van der Waals surface area contributed by atoms with Crippen LogP contribution in [0.1, 0.15) is 41.3 Å². The topological polar surface area (TPSA) is 40.6 Å². The normalized spacial score (nSPS) is 18.3. The van der Waals surface area contributed by atoms with Gasteiger partial charge in [-0.05, 0) is 42.5 Å². The highest BCUT2D eigenvalue weighted by molar-refractivity contribution is 5.95. The third-order valence-electron chi connectivity index (χ3n) is 5.95. The molecule has 0 atom stereocenters. The van der Waals surface area contributed by atoms with Crippen molar-refractivity contribution < 1.29 is 9.59 Å². The van der Waals surface area contributed by atoms with Gasteiger partial charge in [0.25, 0.3) is 5.91 Å². The third kappa shape index (κ3) is 3.36. The summed E-state index contributed by atoms with van der Waals surface area (Å²) in [6.45, 7) is 4.55. The summed E-state index contributed by atoms with van der Waals surface area (Å²) in [6.07, 6.45) is 2.83. The van der Waals surface area contributed by atoms with Gasteiger partial charge >= 0.3 is 0 Å². The largest absolute Gasteiger partial charge is 0.338 e. The van der Waals surface area contributed by atoms with E-state index in [9.17, 15) is 9.59 Å². The van der Waals surface area contributed by atoms with Crippen LogP contribution in [-0.4, -0.2) is 47.8 Å². The molecule has 2 amide bonds. The Balaban J connectivity index is 1.39. The van der Waals surface area contributed by atoms with E-state index >= 15 is 0 Å². The molecule has 1 heterocycles. The second-order valence-electron chi connectivity index (χ2n) is 7.58. The Bertz CT molecular complexity index is 817. The van der Waals surface area contributed by atoms with E-state index < -0.39 is 0 Å². The van der Waals surface area contributed by atoms with Gasteiger partial charge in [-0.2, -0.15) is 0 Å². The molecule has 2 aromatic rings. The van der Waals surface area contributed by atoms with Crippen molar-refractivity contribution in [1.82, 2.24) is 9.80 Å². The first kappa shape index (κ1) is 17.8. The van der Waals surface area contributed by atoms with Crippen LogP contribution in [0.3, 0.4) is 0 Å². The fraction of sp³-hybridized carbons (Fsp3) is 0.391. The highest BCUT2D eigenvalue weighted by Gasteiger charge is 2.53. The maximum atomic E-state index is 13.1. The third-order valence-corrected chi connectivity index (χ3v) is 5.95. The van der Waals surface area contributed by atoms with E-state index in [1.165, 1.54) is 5.56 Å². The van der Waals surface area contributed by atoms with Gasteiger partial charge in [-0.15, -0.1) is 0 Å². The van der Waals surface area contributed by atoms with Crippen LogP contribution in [0, 0.1) is 0 Å². The van der Waals surface area contributed by atoms with Gasteiger partial charge in [-0.25, -0.2) is 0 Å². The molecule has 2 fully saturated rings. The van der Waals surface area contributed by atoms with Crippen molar-refractivity contribution in [3.05, 3.63) is 71.3 Å². The molecule has 4 heteroatoms. The molecule has 2 aliphatic rings. The highest BCUT2D eigenvalue weighted by atomic mass is 16.2. The van der Waals surface area contributed by atoms with Crippen LogP contribution in [-0.2, 0) is 16.6 Å². The molecule has 0 bridgehead atoms. The molecule has 1 saturated carbocycles. The molecule has 0 N–H and O–H groups in total. The van der Waals surface area contributed by atoms with Crippen LogP contribution in [0.5, 0.6) is 0 Å². The number of hydrogen-bond acceptors (Lipinski definition) is 2. The minimum atomic E-state index is -0.316. The quantitative estimate of drug-likeness (QED) is 0.838. The predicted octanol–water partition coefficient (Wildman–Crippen LogP) is 3.27. The Morgan fingerprint density at radius 1 is 0.852 bits per heavy atom. The molecular weight excluding hydrogens is 336 g/mol. The molecule has 0 unspecified atom stereocenters. The Morgan fingerprint density at radius 3 is 2.00 bits per heavy atom. The number of benzene rings is 2. The zero-order chi connectivity index (χ0) is 18.9. The summed E-state index contributed by atoms with van der Waals surface area (Å²) in [4.78, 5) is 29.7. The predicted molar refractivity (Wildman–Crippen MR) is 106 cm³/mol. The van der Waals surface area contributed by atoms with Gasteiger partial charge in [-0.3, -0.25) is 9.59 Å². The minimum Gasteiger partial charge on any atom is -0.338 e. The molecule has 0 radical (unpaired) electrons. The van der Waals surface area contributed by atoms with Crippen LogP contribution in [0.15, 0.2) is 54.6 Å². The van der Waals surface area contributed by atoms with E-state index in [1.54, 1.807) is 0 Å². The monoisotopic (exact) mass is 362 g/mol. The van der Waals surface area contributed by atoms with Crippen molar-refractivity contribution >= 4 is 11.8 Å². The molecule has 140 valence electrons. The van der Waals surface area contributed by atoms with Gasteiger partial charge in [0.1, 0.15) is 0 Å². The van der Waals surface area contributed by atoms with E-state index in [1.807, 2.05) is 52.3 Å². The van der Waals surface area contributed by atoms with Gasteiger partial charge in [0.05, 0.1) is 5.41 Å². The summed E-state index contributed by atoms with van der Waals surface area (Å²) < 4.78 is 0. The van der Waals surface area contributed by atoms with Gasteiger partial charge in [-0.1, -0.05) is 49.4 Å². The van der Waals surface area contributed by atoms with Crippen LogP contribution in [0.2, 0.25) is 0 Å². The minimum absolute atomic E-state index is 0.0638. The molecule has 1 aliphatic carbocycles. The van der Waals surface area contributed by atoms with Crippen molar-refractivity contribution in [2.75, 3.05) is 26.2 Å². The van der Waals surface area contributed by atoms with Crippen LogP contribution < -0.4 is 0 Å². The number of piperazine rings is 1. The number of carbonyl (C=O) groups excluding carboxylic acids is 2. The summed E-state index contributed by atoms with van der Waals surface area (Å²) in [7, 11) is 0. The number of hydrogen-bond donors (Lipinski definition) is 0. The fourth-order valence-electron chi connectivity index (χ4n) is 3.99. The van der Waals surface area contributed by atoms with E-state index in [-0.39, 0.29) is 17.2 Å². The SMILES string of the molecule is CCc1ccc(C(=O)N2CCN(C(=O)C3(c4ccccc4)CC3)CC2)cc1. The lowest BCUT2D eigenvalue weighted by Crippen LogP contribution is -2.53. The van der Waals surface area contributed by atoms with Gasteiger partial charge < -0.3 is 9.80 Å². The Hall–Kier alpha value is -2.62. The summed E-state index contributed by atoms with van der Waals surface area (Å²) in [5.74, 6) is 0.294. The first-order chi connectivity index (χ1) is 13.1. The summed E-state index contributed by atoms with van der Waals surface area (Å²) in [5.41, 5.74) is 2.78. The lowest BCUT2D eigenvalue weighted by atomic mass is 9.94. The maximum absolute atomic E-state index is 13.1. The average Bonchev–Trinajstić information content (AvgIpc) is 3.56. The first-order valence-electron chi connectivity index (χ1n) is 9.87. The summed E-state index contributed by atoms with van der Waals surface area (Å²) in [6, 6.07) is 18.0. The Morgan fingerprint density at radius 2 is 1.44 bits per heavy atom.